The Morgan fingerprint density at radius 3 is 3.10 bits per heavy atom. The number of hydrogen-bond acceptors (Lipinski definition) is 3. The molecule has 1 fully saturated rings. The highest BCUT2D eigenvalue weighted by molar-refractivity contribution is 6.15. The van der Waals surface area contributed by atoms with Crippen molar-refractivity contribution in [2.75, 3.05) is 19.8 Å². The van der Waals surface area contributed by atoms with Crippen LogP contribution in [0.25, 0.3) is 0 Å². The van der Waals surface area contributed by atoms with Gasteiger partial charge in [-0.3, -0.25) is 4.79 Å². The number of nitrogens with zero attached hydrogens (tertiary/aromatic N) is 1. The van der Waals surface area contributed by atoms with Gasteiger partial charge in [-0.15, -0.1) is 0 Å². The molecule has 0 radical (unpaired) electrons. The van der Waals surface area contributed by atoms with Crippen molar-refractivity contribution in [1.29, 1.82) is 0 Å². The lowest BCUT2D eigenvalue weighted by Gasteiger charge is -2.28. The third-order valence-electron chi connectivity index (χ3n) is 1.56. The molecule has 1 heterocycles. The molecule has 1 amide bonds. The van der Waals surface area contributed by atoms with Gasteiger partial charge in [-0.1, -0.05) is 0 Å². The summed E-state index contributed by atoms with van der Waals surface area (Å²) >= 11 is 0. The zero-order valence-electron chi connectivity index (χ0n) is 5.91. The van der Waals surface area contributed by atoms with Crippen molar-refractivity contribution in [2.45, 2.75) is 6.10 Å². The number of rotatable bonds is 1. The fourth-order valence-corrected chi connectivity index (χ4v) is 0.890. The lowest BCUT2D eigenvalue weighted by Crippen LogP contribution is -2.47. The van der Waals surface area contributed by atoms with E-state index in [1.165, 1.54) is 0 Å². The number of amides is 1. The van der Waals surface area contributed by atoms with E-state index in [1.807, 2.05) is 0 Å². The van der Waals surface area contributed by atoms with E-state index < -0.39 is 6.10 Å². The summed E-state index contributed by atoms with van der Waals surface area (Å²) < 4.78 is 4.97. The molecule has 0 aromatic rings. The van der Waals surface area contributed by atoms with Gasteiger partial charge in [-0.05, 0) is 0 Å². The second-order valence-electron chi connectivity index (χ2n) is 2.30. The predicted octanol–water partition coefficient (Wildman–Crippen LogP) is -2.25. The minimum absolute atomic E-state index is 0.131. The molecule has 1 aliphatic heterocycles. The Hall–Kier alpha value is -0.545. The smallest absolute Gasteiger partial charge is 0.241 e. The highest BCUT2D eigenvalue weighted by atomic mass is 16.5. The summed E-state index contributed by atoms with van der Waals surface area (Å²) in [5.74, 6) is -0.131. The molecule has 1 rings (SSSR count). The van der Waals surface area contributed by atoms with Crippen LogP contribution >= 0.6 is 0 Å². The molecule has 1 saturated heterocycles. The quantitative estimate of drug-likeness (QED) is 0.422. The summed E-state index contributed by atoms with van der Waals surface area (Å²) in [5.41, 5.74) is 0. The highest BCUT2D eigenvalue weighted by Gasteiger charge is 2.25. The summed E-state index contributed by atoms with van der Waals surface area (Å²) in [5, 5.41) is 8.61. The molecule has 0 spiro atoms. The summed E-state index contributed by atoms with van der Waals surface area (Å²) in [6.45, 7) is 0.923. The SMILES string of the molecule is BN1CCO[C@H](CO)C1=O. The van der Waals surface area contributed by atoms with Crippen LogP contribution in [0.2, 0.25) is 0 Å². The van der Waals surface area contributed by atoms with Crippen LogP contribution in [-0.2, 0) is 9.53 Å². The van der Waals surface area contributed by atoms with Crippen LogP contribution in [0.3, 0.4) is 0 Å². The fraction of sp³-hybridized carbons (Fsp3) is 0.800. The minimum atomic E-state index is -0.626. The van der Waals surface area contributed by atoms with Crippen LogP contribution in [0.5, 0.6) is 0 Å². The van der Waals surface area contributed by atoms with Crippen LogP contribution in [0.15, 0.2) is 0 Å². The van der Waals surface area contributed by atoms with Gasteiger partial charge < -0.3 is 14.7 Å². The predicted molar refractivity (Wildman–Crippen MR) is 37.1 cm³/mol. The first-order chi connectivity index (χ1) is 4.75. The molecule has 5 heteroatoms. The van der Waals surface area contributed by atoms with E-state index in [-0.39, 0.29) is 12.5 Å². The van der Waals surface area contributed by atoms with Crippen molar-refractivity contribution in [3.05, 3.63) is 0 Å². The van der Waals surface area contributed by atoms with E-state index in [4.69, 9.17) is 9.84 Å². The third-order valence-corrected chi connectivity index (χ3v) is 1.56. The largest absolute Gasteiger partial charge is 0.393 e. The number of ether oxygens (including phenoxy) is 1. The summed E-state index contributed by atoms with van der Waals surface area (Å²) in [6.07, 6.45) is -0.626. The van der Waals surface area contributed by atoms with Gasteiger partial charge in [-0.25, -0.2) is 0 Å². The molecular formula is C5H10BNO3. The molecule has 0 aromatic carbocycles. The molecule has 0 unspecified atom stereocenters. The molecular weight excluding hydrogens is 133 g/mol. The van der Waals surface area contributed by atoms with Gasteiger partial charge in [-0.2, -0.15) is 0 Å². The minimum Gasteiger partial charge on any atom is -0.393 e. The standard InChI is InChI=1S/C5H10BNO3/c6-7-1-2-10-4(3-8)5(7)9/h4,8H,1-3,6H2/t4-/m1/s1. The van der Waals surface area contributed by atoms with E-state index >= 15 is 0 Å². The van der Waals surface area contributed by atoms with Gasteiger partial charge in [0, 0.05) is 6.54 Å². The number of aliphatic hydroxyl groups is 1. The molecule has 4 nitrogen and oxygen atoms in total. The second-order valence-corrected chi connectivity index (χ2v) is 2.30. The first-order valence-corrected chi connectivity index (χ1v) is 3.23. The molecule has 0 bridgehead atoms. The molecule has 56 valence electrons. The summed E-state index contributed by atoms with van der Waals surface area (Å²) in [4.78, 5) is 12.6. The normalized spacial score (nSPS) is 27.1. The molecule has 1 aliphatic rings. The van der Waals surface area contributed by atoms with Gasteiger partial charge in [0.1, 0.15) is 0 Å². The fourth-order valence-electron chi connectivity index (χ4n) is 0.890. The zero-order chi connectivity index (χ0) is 7.56. The van der Waals surface area contributed by atoms with Crippen molar-refractivity contribution >= 4 is 13.9 Å². The van der Waals surface area contributed by atoms with Gasteiger partial charge >= 0.3 is 0 Å². The number of aliphatic hydroxyl groups excluding tert-OH is 1. The Morgan fingerprint density at radius 2 is 2.60 bits per heavy atom. The maximum Gasteiger partial charge on any atom is 0.241 e. The van der Waals surface area contributed by atoms with Crippen LogP contribution in [0, 0.1) is 0 Å². The van der Waals surface area contributed by atoms with Crippen molar-refractivity contribution in [1.82, 2.24) is 4.81 Å². The van der Waals surface area contributed by atoms with Gasteiger partial charge in [0.05, 0.1) is 13.2 Å². The van der Waals surface area contributed by atoms with E-state index in [0.29, 0.717) is 13.2 Å². The Morgan fingerprint density at radius 1 is 1.90 bits per heavy atom. The molecule has 0 aromatic heterocycles. The molecule has 0 aliphatic carbocycles. The number of hydrogen-bond donors (Lipinski definition) is 1. The first-order valence-electron chi connectivity index (χ1n) is 3.23. The van der Waals surface area contributed by atoms with Crippen LogP contribution in [0.1, 0.15) is 0 Å². The van der Waals surface area contributed by atoms with Gasteiger partial charge in [0.25, 0.3) is 0 Å². The van der Waals surface area contributed by atoms with Crippen LogP contribution in [0.4, 0.5) is 0 Å². The number of carbonyl (C=O) groups excluding carboxylic acids is 1. The first kappa shape index (κ1) is 7.56. The third kappa shape index (κ3) is 1.30. The Kier molecular flexibility index (Phi) is 2.29. The van der Waals surface area contributed by atoms with E-state index in [2.05, 4.69) is 0 Å². The average molecular weight is 143 g/mol. The number of carbonyl (C=O) groups is 1. The topological polar surface area (TPSA) is 49.8 Å². The number of morpholine rings is 1. The van der Waals surface area contributed by atoms with Crippen LogP contribution < -0.4 is 0 Å². The van der Waals surface area contributed by atoms with Crippen molar-refractivity contribution in [3.8, 4) is 0 Å². The monoisotopic (exact) mass is 143 g/mol. The van der Waals surface area contributed by atoms with E-state index in [1.54, 1.807) is 12.8 Å². The highest BCUT2D eigenvalue weighted by Crippen LogP contribution is 2.02. The summed E-state index contributed by atoms with van der Waals surface area (Å²) in [6, 6.07) is 0. The maximum atomic E-state index is 11.0. The Labute approximate surface area is 60.2 Å². The van der Waals surface area contributed by atoms with Crippen molar-refractivity contribution in [3.63, 3.8) is 0 Å². The summed E-state index contributed by atoms with van der Waals surface area (Å²) in [7, 11) is 1.70. The lowest BCUT2D eigenvalue weighted by atomic mass is 10.2. The van der Waals surface area contributed by atoms with Crippen LogP contribution in [-0.4, -0.2) is 49.7 Å². The van der Waals surface area contributed by atoms with Gasteiger partial charge in [0.2, 0.25) is 13.9 Å². The maximum absolute atomic E-state index is 11.0. The van der Waals surface area contributed by atoms with Crippen molar-refractivity contribution in [2.24, 2.45) is 0 Å². The second kappa shape index (κ2) is 3.03. The Bertz CT molecular complexity index is 141. The average Bonchev–Trinajstić information content (AvgIpc) is 1.95. The molecule has 0 saturated carbocycles. The van der Waals surface area contributed by atoms with Gasteiger partial charge in [0.15, 0.2) is 6.10 Å². The van der Waals surface area contributed by atoms with Crippen molar-refractivity contribution < 1.29 is 14.6 Å². The molecule has 10 heavy (non-hydrogen) atoms. The zero-order valence-corrected chi connectivity index (χ0v) is 5.91. The van der Waals surface area contributed by atoms with E-state index in [0.717, 1.165) is 0 Å². The lowest BCUT2D eigenvalue weighted by molar-refractivity contribution is -0.149. The molecule has 1 N–H and O–H groups in total. The Balaban J connectivity index is 2.51. The molecule has 1 atom stereocenters. The van der Waals surface area contributed by atoms with E-state index in [9.17, 15) is 4.79 Å².